The number of carboxylic acids is 1. The lowest BCUT2D eigenvalue weighted by atomic mass is 10.2. The Kier molecular flexibility index (Phi) is 7.17. The summed E-state index contributed by atoms with van der Waals surface area (Å²) in [5.41, 5.74) is 0. The molecule has 0 bridgehead atoms. The zero-order valence-corrected chi connectivity index (χ0v) is 10.4. The van der Waals surface area contributed by atoms with Crippen LogP contribution >= 0.6 is 23.2 Å². The van der Waals surface area contributed by atoms with Crippen molar-refractivity contribution in [2.75, 3.05) is 0 Å². The maximum atomic E-state index is 11.1. The summed E-state index contributed by atoms with van der Waals surface area (Å²) < 4.78 is 3.09. The summed E-state index contributed by atoms with van der Waals surface area (Å²) in [4.78, 5) is 21.2. The molecule has 0 aromatic rings. The van der Waals surface area contributed by atoms with Crippen molar-refractivity contribution in [2.24, 2.45) is 0 Å². The quantitative estimate of drug-likeness (QED) is 0.334. The number of carboxylic acid groups (broad SMARTS) is 1. The first-order valence-electron chi connectivity index (χ1n) is 4.89. The van der Waals surface area contributed by atoms with Gasteiger partial charge in [-0.3, -0.25) is 0 Å². The third kappa shape index (κ3) is 8.56. The number of ether oxygens (including phenoxy) is 1. The van der Waals surface area contributed by atoms with Gasteiger partial charge in [0.2, 0.25) is 0 Å². The molecule has 0 saturated heterocycles. The van der Waals surface area contributed by atoms with E-state index in [-0.39, 0.29) is 0 Å². The van der Waals surface area contributed by atoms with Gasteiger partial charge < -0.3 is 9.84 Å². The smallest absolute Gasteiger partial charge is 0.333 e. The van der Waals surface area contributed by atoms with E-state index in [1.165, 1.54) is 0 Å². The van der Waals surface area contributed by atoms with Crippen molar-refractivity contribution in [1.82, 2.24) is 0 Å². The van der Waals surface area contributed by atoms with Crippen LogP contribution in [0, 0.1) is 0 Å². The molecule has 6 heteroatoms. The second-order valence-corrected chi connectivity index (χ2v) is 4.60. The van der Waals surface area contributed by atoms with Crippen LogP contribution in [-0.2, 0) is 14.3 Å². The third-order valence-corrected chi connectivity index (χ3v) is 2.22. The molecule has 16 heavy (non-hydrogen) atoms. The highest BCUT2D eigenvalue weighted by Gasteiger charge is 2.27. The topological polar surface area (TPSA) is 63.6 Å². The summed E-state index contributed by atoms with van der Waals surface area (Å²) in [6, 6.07) is 0. The lowest BCUT2D eigenvalue weighted by Gasteiger charge is -2.18. The molecule has 0 heterocycles. The van der Waals surface area contributed by atoms with Gasteiger partial charge in [-0.15, -0.1) is 0 Å². The Labute approximate surface area is 104 Å². The molecule has 0 spiro atoms. The zero-order valence-electron chi connectivity index (χ0n) is 8.91. The second-order valence-electron chi connectivity index (χ2n) is 3.19. The Morgan fingerprint density at radius 1 is 1.31 bits per heavy atom. The van der Waals surface area contributed by atoms with E-state index in [9.17, 15) is 9.59 Å². The van der Waals surface area contributed by atoms with E-state index in [2.05, 4.69) is 4.74 Å². The predicted molar refractivity (Wildman–Crippen MR) is 61.4 cm³/mol. The summed E-state index contributed by atoms with van der Waals surface area (Å²) in [7, 11) is 0. The van der Waals surface area contributed by atoms with Crippen LogP contribution in [0.15, 0.2) is 12.2 Å². The van der Waals surface area contributed by atoms with Gasteiger partial charge in [0.15, 0.2) is 0 Å². The van der Waals surface area contributed by atoms with Gasteiger partial charge in [0.25, 0.3) is 4.52 Å². The monoisotopic (exact) mass is 268 g/mol. The fourth-order valence-electron chi connectivity index (χ4n) is 0.952. The molecule has 0 atom stereocenters. The summed E-state index contributed by atoms with van der Waals surface area (Å²) in [5.74, 6) is -2.11. The minimum absolute atomic E-state index is 0.316. The molecule has 1 N–H and O–H groups in total. The van der Waals surface area contributed by atoms with Gasteiger partial charge >= 0.3 is 11.9 Å². The molecular formula is C10H14Cl2O4. The Hall–Kier alpha value is -0.740. The van der Waals surface area contributed by atoms with Crippen molar-refractivity contribution in [3.05, 3.63) is 12.2 Å². The molecule has 0 aromatic heterocycles. The number of alkyl halides is 2. The second kappa shape index (κ2) is 7.52. The average molecular weight is 269 g/mol. The largest absolute Gasteiger partial charge is 0.478 e. The fourth-order valence-corrected chi connectivity index (χ4v) is 1.37. The van der Waals surface area contributed by atoms with E-state index < -0.39 is 16.5 Å². The lowest BCUT2D eigenvalue weighted by molar-refractivity contribution is -0.142. The van der Waals surface area contributed by atoms with Crippen LogP contribution < -0.4 is 0 Å². The van der Waals surface area contributed by atoms with E-state index in [1.54, 1.807) is 0 Å². The summed E-state index contributed by atoms with van der Waals surface area (Å²) >= 11 is 11.4. The van der Waals surface area contributed by atoms with E-state index >= 15 is 0 Å². The number of hydrogen-bond donors (Lipinski definition) is 1. The van der Waals surface area contributed by atoms with Gasteiger partial charge in [0, 0.05) is 18.6 Å². The number of carbonyl (C=O) groups excluding carboxylic acids is 1. The van der Waals surface area contributed by atoms with Gasteiger partial charge in [-0.2, -0.15) is 0 Å². The highest BCUT2D eigenvalue weighted by Crippen LogP contribution is 2.29. The molecular weight excluding hydrogens is 255 g/mol. The van der Waals surface area contributed by atoms with Crippen LogP contribution in [0.25, 0.3) is 0 Å². The number of hydrogen-bond acceptors (Lipinski definition) is 3. The SMILES string of the molecule is CCCCCC(Cl)(Cl)OC(=O)/C=C\C(=O)O. The molecule has 0 unspecified atom stereocenters. The average Bonchev–Trinajstić information content (AvgIpc) is 2.14. The standard InChI is InChI=1S/C10H14Cl2O4/c1-2-3-4-7-10(11,12)16-9(15)6-5-8(13)14/h5-6H,2-4,7H2,1H3,(H,13,14)/b6-5-. The number of aliphatic carboxylic acids is 1. The molecule has 0 amide bonds. The van der Waals surface area contributed by atoms with Gasteiger partial charge in [-0.05, 0) is 6.42 Å². The minimum Gasteiger partial charge on any atom is -0.478 e. The highest BCUT2D eigenvalue weighted by molar-refractivity contribution is 6.47. The maximum Gasteiger partial charge on any atom is 0.333 e. The van der Waals surface area contributed by atoms with Gasteiger partial charge in [0.05, 0.1) is 0 Å². The van der Waals surface area contributed by atoms with Crippen molar-refractivity contribution in [2.45, 2.75) is 37.1 Å². The number of halogens is 2. The number of carbonyl (C=O) groups is 2. The first kappa shape index (κ1) is 15.3. The van der Waals surface area contributed by atoms with E-state index in [4.69, 9.17) is 28.3 Å². The molecule has 0 aromatic carbocycles. The van der Waals surface area contributed by atoms with Crippen molar-refractivity contribution in [1.29, 1.82) is 0 Å². The van der Waals surface area contributed by atoms with E-state index in [0.717, 1.165) is 25.3 Å². The first-order valence-corrected chi connectivity index (χ1v) is 5.65. The van der Waals surface area contributed by atoms with Crippen molar-refractivity contribution in [3.63, 3.8) is 0 Å². The molecule has 92 valence electrons. The highest BCUT2D eigenvalue weighted by atomic mass is 35.5. The minimum atomic E-state index is -1.59. The molecule has 0 rings (SSSR count). The predicted octanol–water partition coefficient (Wildman–Crippen LogP) is 2.88. The van der Waals surface area contributed by atoms with Crippen molar-refractivity contribution in [3.8, 4) is 0 Å². The van der Waals surface area contributed by atoms with Gasteiger partial charge in [-0.25, -0.2) is 9.59 Å². The third-order valence-electron chi connectivity index (χ3n) is 1.68. The molecule has 0 saturated carbocycles. The molecule has 0 radical (unpaired) electrons. The normalized spacial score (nSPS) is 11.7. The molecule has 0 aliphatic rings. The zero-order chi connectivity index (χ0) is 12.6. The Bertz CT molecular complexity index is 274. The van der Waals surface area contributed by atoms with Crippen LogP contribution in [0.2, 0.25) is 0 Å². The summed E-state index contributed by atoms with van der Waals surface area (Å²) in [6.07, 6.45) is 4.41. The van der Waals surface area contributed by atoms with E-state index in [1.807, 2.05) is 6.92 Å². The van der Waals surface area contributed by atoms with Crippen LogP contribution in [-0.4, -0.2) is 21.6 Å². The Morgan fingerprint density at radius 3 is 2.44 bits per heavy atom. The van der Waals surface area contributed by atoms with Crippen LogP contribution in [0.5, 0.6) is 0 Å². The summed E-state index contributed by atoms with van der Waals surface area (Å²) in [6.45, 7) is 2.02. The van der Waals surface area contributed by atoms with Crippen LogP contribution in [0.1, 0.15) is 32.6 Å². The Balaban J connectivity index is 4.04. The number of esters is 1. The maximum absolute atomic E-state index is 11.1. The molecule has 0 aliphatic carbocycles. The first-order chi connectivity index (χ1) is 7.37. The Morgan fingerprint density at radius 2 is 1.94 bits per heavy atom. The van der Waals surface area contributed by atoms with Gasteiger partial charge in [0.1, 0.15) is 0 Å². The van der Waals surface area contributed by atoms with Crippen molar-refractivity contribution >= 4 is 35.1 Å². The molecule has 0 fully saturated rings. The number of rotatable bonds is 7. The molecule has 0 aliphatic heterocycles. The van der Waals surface area contributed by atoms with Crippen LogP contribution in [0.4, 0.5) is 0 Å². The summed E-state index contributed by atoms with van der Waals surface area (Å²) in [5, 5.41) is 8.27. The van der Waals surface area contributed by atoms with Gasteiger partial charge in [-0.1, -0.05) is 43.0 Å². The lowest BCUT2D eigenvalue weighted by Crippen LogP contribution is -2.21. The van der Waals surface area contributed by atoms with Crippen LogP contribution in [0.3, 0.4) is 0 Å². The molecule has 4 nitrogen and oxygen atoms in total. The number of unbranched alkanes of at least 4 members (excludes halogenated alkanes) is 2. The van der Waals surface area contributed by atoms with Crippen molar-refractivity contribution < 1.29 is 19.4 Å². The fraction of sp³-hybridized carbons (Fsp3) is 0.600. The van der Waals surface area contributed by atoms with E-state index in [0.29, 0.717) is 12.5 Å².